The van der Waals surface area contributed by atoms with Gasteiger partial charge in [0.2, 0.25) is 0 Å². The number of urea groups is 1. The number of carboxylic acids is 1. The summed E-state index contributed by atoms with van der Waals surface area (Å²) in [5.74, 6) is -1.48. The number of amides is 2. The van der Waals surface area contributed by atoms with E-state index in [2.05, 4.69) is 10.3 Å². The molecule has 6 heteroatoms. The minimum absolute atomic E-state index is 0.201. The monoisotopic (exact) mass is 279 g/mol. The fourth-order valence-corrected chi connectivity index (χ4v) is 1.75. The fraction of sp³-hybridized carbons (Fsp3) is 0.500. The molecule has 0 saturated heterocycles. The van der Waals surface area contributed by atoms with E-state index in [1.165, 1.54) is 4.90 Å². The van der Waals surface area contributed by atoms with E-state index in [0.717, 1.165) is 11.1 Å². The number of carbonyl (C=O) groups excluding carboxylic acids is 1. The van der Waals surface area contributed by atoms with Gasteiger partial charge < -0.3 is 15.3 Å². The molecule has 1 aromatic heterocycles. The molecule has 0 saturated carbocycles. The Kier molecular flexibility index (Phi) is 5.96. The highest BCUT2D eigenvalue weighted by atomic mass is 16.4. The summed E-state index contributed by atoms with van der Waals surface area (Å²) < 4.78 is 0. The molecule has 0 bridgehead atoms. The molecule has 0 fully saturated rings. The molecule has 2 N–H and O–H groups in total. The normalized spacial score (nSPS) is 11.8. The third-order valence-electron chi connectivity index (χ3n) is 3.15. The zero-order valence-corrected chi connectivity index (χ0v) is 12.1. The largest absolute Gasteiger partial charge is 0.481 e. The number of hydrogen-bond acceptors (Lipinski definition) is 3. The second-order valence-corrected chi connectivity index (χ2v) is 4.74. The summed E-state index contributed by atoms with van der Waals surface area (Å²) in [5.41, 5.74) is 2.01. The molecule has 0 aliphatic carbocycles. The quantitative estimate of drug-likeness (QED) is 0.829. The molecule has 0 aliphatic heterocycles. The van der Waals surface area contributed by atoms with Gasteiger partial charge in [-0.25, -0.2) is 4.79 Å². The second kappa shape index (κ2) is 7.47. The minimum atomic E-state index is -0.902. The summed E-state index contributed by atoms with van der Waals surface area (Å²) in [4.78, 5) is 28.3. The van der Waals surface area contributed by atoms with Crippen molar-refractivity contribution in [2.75, 3.05) is 13.1 Å². The summed E-state index contributed by atoms with van der Waals surface area (Å²) in [7, 11) is 0. The van der Waals surface area contributed by atoms with E-state index in [9.17, 15) is 9.59 Å². The van der Waals surface area contributed by atoms with E-state index in [4.69, 9.17) is 5.11 Å². The lowest BCUT2D eigenvalue weighted by atomic mass is 10.1. The van der Waals surface area contributed by atoms with Crippen LogP contribution in [-0.4, -0.2) is 40.1 Å². The number of carboxylic acid groups (broad SMARTS) is 1. The molecule has 20 heavy (non-hydrogen) atoms. The van der Waals surface area contributed by atoms with Gasteiger partial charge in [-0.3, -0.25) is 9.78 Å². The molecule has 0 spiro atoms. The average Bonchev–Trinajstić information content (AvgIpc) is 2.43. The Morgan fingerprint density at radius 1 is 1.50 bits per heavy atom. The Labute approximate surface area is 118 Å². The summed E-state index contributed by atoms with van der Waals surface area (Å²) in [5, 5.41) is 11.7. The molecule has 1 aromatic rings. The van der Waals surface area contributed by atoms with E-state index in [0.29, 0.717) is 13.1 Å². The lowest BCUT2D eigenvalue weighted by Crippen LogP contribution is -2.43. The summed E-state index contributed by atoms with van der Waals surface area (Å²) in [6.07, 6.45) is 3.42. The van der Waals surface area contributed by atoms with Crippen molar-refractivity contribution in [3.05, 3.63) is 29.6 Å². The van der Waals surface area contributed by atoms with Gasteiger partial charge in [-0.2, -0.15) is 0 Å². The SMILES string of the molecule is CCN(CC(C)C(=O)O)C(=O)NCc1ccncc1C. The van der Waals surface area contributed by atoms with Crippen LogP contribution in [-0.2, 0) is 11.3 Å². The van der Waals surface area contributed by atoms with Gasteiger partial charge in [-0.1, -0.05) is 6.92 Å². The van der Waals surface area contributed by atoms with E-state index < -0.39 is 11.9 Å². The van der Waals surface area contributed by atoms with E-state index in [-0.39, 0.29) is 12.6 Å². The Morgan fingerprint density at radius 2 is 2.20 bits per heavy atom. The van der Waals surface area contributed by atoms with Crippen LogP contribution in [0.25, 0.3) is 0 Å². The van der Waals surface area contributed by atoms with E-state index >= 15 is 0 Å². The Bertz CT molecular complexity index is 476. The summed E-state index contributed by atoms with van der Waals surface area (Å²) >= 11 is 0. The summed E-state index contributed by atoms with van der Waals surface area (Å²) in [6, 6.07) is 1.60. The second-order valence-electron chi connectivity index (χ2n) is 4.74. The molecule has 1 unspecified atom stereocenters. The van der Waals surface area contributed by atoms with Crippen molar-refractivity contribution in [3.8, 4) is 0 Å². The standard InChI is InChI=1S/C14H21N3O3/c1-4-17(9-11(3)13(18)19)14(20)16-8-12-5-6-15-7-10(12)2/h5-7,11H,4,8-9H2,1-3H3,(H,16,20)(H,18,19). The maximum atomic E-state index is 12.0. The molecule has 1 atom stereocenters. The molecular formula is C14H21N3O3. The molecule has 0 aliphatic rings. The number of aromatic nitrogens is 1. The third-order valence-corrected chi connectivity index (χ3v) is 3.15. The van der Waals surface area contributed by atoms with Gasteiger partial charge >= 0.3 is 12.0 Å². The van der Waals surface area contributed by atoms with Crippen molar-refractivity contribution in [1.29, 1.82) is 0 Å². The molecule has 0 aromatic carbocycles. The van der Waals surface area contributed by atoms with Crippen LogP contribution < -0.4 is 5.32 Å². The average molecular weight is 279 g/mol. The zero-order chi connectivity index (χ0) is 15.1. The van der Waals surface area contributed by atoms with Crippen LogP contribution in [0, 0.1) is 12.8 Å². The van der Waals surface area contributed by atoms with Crippen LogP contribution in [0.2, 0.25) is 0 Å². The first-order valence-electron chi connectivity index (χ1n) is 6.60. The van der Waals surface area contributed by atoms with Crippen molar-refractivity contribution >= 4 is 12.0 Å². The van der Waals surface area contributed by atoms with Gasteiger partial charge in [0.15, 0.2) is 0 Å². The van der Waals surface area contributed by atoms with Crippen LogP contribution in [0.15, 0.2) is 18.5 Å². The third kappa shape index (κ3) is 4.53. The Balaban J connectivity index is 2.56. The number of pyridine rings is 1. The van der Waals surface area contributed by atoms with Crippen molar-refractivity contribution < 1.29 is 14.7 Å². The maximum Gasteiger partial charge on any atom is 0.317 e. The summed E-state index contributed by atoms with van der Waals surface area (Å²) in [6.45, 7) is 6.42. The van der Waals surface area contributed by atoms with Gasteiger partial charge in [0, 0.05) is 32.0 Å². The van der Waals surface area contributed by atoms with Gasteiger partial charge in [0.25, 0.3) is 0 Å². The number of nitrogens with one attached hydrogen (secondary N) is 1. The molecule has 6 nitrogen and oxygen atoms in total. The van der Waals surface area contributed by atoms with Gasteiger partial charge in [-0.15, -0.1) is 0 Å². The first-order chi connectivity index (χ1) is 9.45. The van der Waals surface area contributed by atoms with E-state index in [1.54, 1.807) is 19.3 Å². The number of carbonyl (C=O) groups is 2. The Hall–Kier alpha value is -2.11. The lowest BCUT2D eigenvalue weighted by Gasteiger charge is -2.23. The first kappa shape index (κ1) is 15.9. The molecule has 0 radical (unpaired) electrons. The minimum Gasteiger partial charge on any atom is -0.481 e. The van der Waals surface area contributed by atoms with Crippen LogP contribution in [0.5, 0.6) is 0 Å². The van der Waals surface area contributed by atoms with E-state index in [1.807, 2.05) is 19.9 Å². The number of rotatable bonds is 6. The highest BCUT2D eigenvalue weighted by molar-refractivity contribution is 5.76. The zero-order valence-electron chi connectivity index (χ0n) is 12.1. The molecule has 1 heterocycles. The van der Waals surface area contributed by atoms with Crippen LogP contribution in [0.1, 0.15) is 25.0 Å². The van der Waals surface area contributed by atoms with Crippen molar-refractivity contribution in [2.45, 2.75) is 27.3 Å². The number of aryl methyl sites for hydroxylation is 1. The van der Waals surface area contributed by atoms with Crippen LogP contribution in [0.3, 0.4) is 0 Å². The Morgan fingerprint density at radius 3 is 2.75 bits per heavy atom. The maximum absolute atomic E-state index is 12.0. The van der Waals surface area contributed by atoms with Gasteiger partial charge in [0.1, 0.15) is 0 Å². The van der Waals surface area contributed by atoms with Gasteiger partial charge in [-0.05, 0) is 31.0 Å². The molecule has 1 rings (SSSR count). The first-order valence-corrected chi connectivity index (χ1v) is 6.60. The topological polar surface area (TPSA) is 82.5 Å². The molecule has 2 amide bonds. The van der Waals surface area contributed by atoms with Crippen molar-refractivity contribution in [3.63, 3.8) is 0 Å². The predicted octanol–water partition coefficient (Wildman–Crippen LogP) is 1.64. The van der Waals surface area contributed by atoms with Gasteiger partial charge in [0.05, 0.1) is 5.92 Å². The highest BCUT2D eigenvalue weighted by Gasteiger charge is 2.19. The van der Waals surface area contributed by atoms with Crippen molar-refractivity contribution in [2.24, 2.45) is 5.92 Å². The number of aliphatic carboxylic acids is 1. The predicted molar refractivity (Wildman–Crippen MR) is 75.3 cm³/mol. The highest BCUT2D eigenvalue weighted by Crippen LogP contribution is 2.05. The van der Waals surface area contributed by atoms with Crippen LogP contribution in [0.4, 0.5) is 4.79 Å². The molecular weight excluding hydrogens is 258 g/mol. The fourth-order valence-electron chi connectivity index (χ4n) is 1.75. The number of hydrogen-bond donors (Lipinski definition) is 2. The van der Waals surface area contributed by atoms with Crippen molar-refractivity contribution in [1.82, 2.24) is 15.2 Å². The smallest absolute Gasteiger partial charge is 0.317 e. The lowest BCUT2D eigenvalue weighted by molar-refractivity contribution is -0.141. The molecule has 110 valence electrons. The van der Waals surface area contributed by atoms with Crippen LogP contribution >= 0.6 is 0 Å². The number of nitrogens with zero attached hydrogens (tertiary/aromatic N) is 2.